The Bertz CT molecular complexity index is 1090. The lowest BCUT2D eigenvalue weighted by atomic mass is 10.1. The molecule has 0 amide bonds. The molecule has 0 spiro atoms. The summed E-state index contributed by atoms with van der Waals surface area (Å²) >= 11 is 0. The van der Waals surface area contributed by atoms with Crippen LogP contribution in [0, 0.1) is 0 Å². The normalized spacial score (nSPS) is 10.7. The molecule has 28 heavy (non-hydrogen) atoms. The number of hydrogen-bond donors (Lipinski definition) is 1. The molecule has 0 aliphatic carbocycles. The minimum absolute atomic E-state index is 0.497. The maximum absolute atomic E-state index is 5.43. The Labute approximate surface area is 161 Å². The Morgan fingerprint density at radius 2 is 1.61 bits per heavy atom. The summed E-state index contributed by atoms with van der Waals surface area (Å²) in [6.45, 7) is 0. The second-order valence-electron chi connectivity index (χ2n) is 5.90. The van der Waals surface area contributed by atoms with E-state index in [0.29, 0.717) is 28.8 Å². The number of methoxy groups -OCH3 is 3. The van der Waals surface area contributed by atoms with E-state index in [2.05, 4.69) is 20.4 Å². The monoisotopic (exact) mass is 377 g/mol. The first-order valence-corrected chi connectivity index (χ1v) is 8.56. The van der Waals surface area contributed by atoms with E-state index in [1.807, 2.05) is 48.5 Å². The quantitative estimate of drug-likeness (QED) is 0.550. The maximum atomic E-state index is 5.43. The fourth-order valence-electron chi connectivity index (χ4n) is 2.96. The van der Waals surface area contributed by atoms with Gasteiger partial charge >= 0.3 is 0 Å². The van der Waals surface area contributed by atoms with Gasteiger partial charge in [-0.1, -0.05) is 30.3 Å². The highest BCUT2D eigenvalue weighted by atomic mass is 16.5. The third kappa shape index (κ3) is 3.16. The highest BCUT2D eigenvalue weighted by Crippen LogP contribution is 2.40. The summed E-state index contributed by atoms with van der Waals surface area (Å²) in [6.07, 6.45) is 1.47. The van der Waals surface area contributed by atoms with Gasteiger partial charge in [0.2, 0.25) is 5.75 Å². The third-order valence-corrected chi connectivity index (χ3v) is 4.26. The van der Waals surface area contributed by atoms with E-state index in [1.165, 1.54) is 6.33 Å². The second kappa shape index (κ2) is 7.43. The molecule has 0 aliphatic heterocycles. The van der Waals surface area contributed by atoms with Crippen LogP contribution in [0.4, 0.5) is 11.5 Å². The molecule has 0 bridgehead atoms. The molecule has 0 unspecified atom stereocenters. The molecule has 0 saturated heterocycles. The molecule has 0 fully saturated rings. The minimum atomic E-state index is 0.497. The number of hydrogen-bond acceptors (Lipinski definition) is 7. The van der Waals surface area contributed by atoms with Gasteiger partial charge in [0.25, 0.3) is 5.78 Å². The Morgan fingerprint density at radius 1 is 0.893 bits per heavy atom. The molecule has 2 aromatic heterocycles. The van der Waals surface area contributed by atoms with Crippen molar-refractivity contribution in [1.82, 2.24) is 19.6 Å². The number of anilines is 2. The molecule has 4 rings (SSSR count). The third-order valence-electron chi connectivity index (χ3n) is 4.26. The number of ether oxygens (including phenoxy) is 3. The van der Waals surface area contributed by atoms with E-state index in [0.717, 1.165) is 16.9 Å². The van der Waals surface area contributed by atoms with Crippen LogP contribution in [0.15, 0.2) is 54.9 Å². The number of benzene rings is 2. The van der Waals surface area contributed by atoms with Crippen molar-refractivity contribution in [3.63, 3.8) is 0 Å². The second-order valence-corrected chi connectivity index (χ2v) is 5.90. The van der Waals surface area contributed by atoms with Crippen LogP contribution in [-0.4, -0.2) is 40.9 Å². The highest BCUT2D eigenvalue weighted by molar-refractivity contribution is 5.71. The lowest BCUT2D eigenvalue weighted by Gasteiger charge is -2.15. The van der Waals surface area contributed by atoms with Crippen LogP contribution in [0.5, 0.6) is 17.2 Å². The van der Waals surface area contributed by atoms with Crippen molar-refractivity contribution in [2.45, 2.75) is 0 Å². The predicted octanol–water partition coefficient (Wildman–Crippen LogP) is 3.56. The largest absolute Gasteiger partial charge is 0.493 e. The number of rotatable bonds is 6. The molecule has 0 radical (unpaired) electrons. The van der Waals surface area contributed by atoms with Crippen molar-refractivity contribution in [2.75, 3.05) is 26.6 Å². The van der Waals surface area contributed by atoms with Crippen molar-refractivity contribution in [3.05, 3.63) is 54.9 Å². The van der Waals surface area contributed by atoms with Crippen LogP contribution in [0.25, 0.3) is 17.0 Å². The number of fused-ring (bicyclic) bond motifs is 1. The number of nitrogens with one attached hydrogen (secondary N) is 1. The lowest BCUT2D eigenvalue weighted by molar-refractivity contribution is 0.324. The zero-order chi connectivity index (χ0) is 19.5. The van der Waals surface area contributed by atoms with Gasteiger partial charge in [-0.3, -0.25) is 0 Å². The van der Waals surface area contributed by atoms with Gasteiger partial charge in [-0.05, 0) is 0 Å². The van der Waals surface area contributed by atoms with Crippen molar-refractivity contribution in [2.24, 2.45) is 0 Å². The van der Waals surface area contributed by atoms with Crippen LogP contribution in [-0.2, 0) is 0 Å². The fourth-order valence-corrected chi connectivity index (χ4v) is 2.96. The van der Waals surface area contributed by atoms with Gasteiger partial charge in [-0.15, -0.1) is 0 Å². The van der Waals surface area contributed by atoms with Crippen molar-refractivity contribution in [3.8, 4) is 28.5 Å². The Hall–Kier alpha value is -3.81. The van der Waals surface area contributed by atoms with Crippen molar-refractivity contribution in [1.29, 1.82) is 0 Å². The summed E-state index contributed by atoms with van der Waals surface area (Å²) in [4.78, 5) is 8.82. The summed E-state index contributed by atoms with van der Waals surface area (Å²) in [6, 6.07) is 15.5. The van der Waals surface area contributed by atoms with Gasteiger partial charge in [0.05, 0.1) is 27.0 Å². The van der Waals surface area contributed by atoms with E-state index in [4.69, 9.17) is 14.2 Å². The molecule has 2 aromatic carbocycles. The smallest absolute Gasteiger partial charge is 0.254 e. The van der Waals surface area contributed by atoms with E-state index in [1.54, 1.807) is 25.8 Å². The topological polar surface area (TPSA) is 82.8 Å². The first-order chi connectivity index (χ1) is 13.7. The zero-order valence-electron chi connectivity index (χ0n) is 15.7. The Kier molecular flexibility index (Phi) is 4.67. The molecule has 142 valence electrons. The summed E-state index contributed by atoms with van der Waals surface area (Å²) < 4.78 is 17.9. The summed E-state index contributed by atoms with van der Waals surface area (Å²) in [5, 5.41) is 7.61. The molecule has 0 aliphatic rings. The maximum Gasteiger partial charge on any atom is 0.254 e. The van der Waals surface area contributed by atoms with Crippen molar-refractivity contribution < 1.29 is 14.2 Å². The molecule has 8 nitrogen and oxygen atoms in total. The number of nitrogens with zero attached hydrogens (tertiary/aromatic N) is 4. The van der Waals surface area contributed by atoms with Gasteiger partial charge < -0.3 is 19.5 Å². The average Bonchev–Trinajstić information content (AvgIpc) is 3.22. The van der Waals surface area contributed by atoms with Crippen LogP contribution >= 0.6 is 0 Å². The SMILES string of the molecule is COc1cc(Nc2cc(-c3ccccc3)nc3ncnn23)cc(OC)c1OC. The van der Waals surface area contributed by atoms with Crippen LogP contribution < -0.4 is 19.5 Å². The molecule has 4 aromatic rings. The molecule has 0 atom stereocenters. The Balaban J connectivity index is 1.81. The zero-order valence-corrected chi connectivity index (χ0v) is 15.7. The van der Waals surface area contributed by atoms with Gasteiger partial charge in [0, 0.05) is 29.4 Å². The van der Waals surface area contributed by atoms with Crippen LogP contribution in [0.2, 0.25) is 0 Å². The minimum Gasteiger partial charge on any atom is -0.493 e. The average molecular weight is 377 g/mol. The summed E-state index contributed by atoms with van der Waals surface area (Å²) in [5.74, 6) is 2.83. The van der Waals surface area contributed by atoms with E-state index in [-0.39, 0.29) is 0 Å². The lowest BCUT2D eigenvalue weighted by Crippen LogP contribution is -2.04. The predicted molar refractivity (Wildman–Crippen MR) is 106 cm³/mol. The molecular weight excluding hydrogens is 358 g/mol. The molecular formula is C20H19N5O3. The van der Waals surface area contributed by atoms with Gasteiger partial charge in [0.1, 0.15) is 12.1 Å². The van der Waals surface area contributed by atoms with E-state index in [9.17, 15) is 0 Å². The molecule has 1 N–H and O–H groups in total. The molecule has 0 saturated carbocycles. The van der Waals surface area contributed by atoms with Crippen LogP contribution in [0.1, 0.15) is 0 Å². The number of aromatic nitrogens is 4. The summed E-state index contributed by atoms with van der Waals surface area (Å²) in [5.41, 5.74) is 2.52. The van der Waals surface area contributed by atoms with Gasteiger partial charge in [-0.25, -0.2) is 4.98 Å². The van der Waals surface area contributed by atoms with E-state index >= 15 is 0 Å². The molecule has 2 heterocycles. The van der Waals surface area contributed by atoms with Crippen LogP contribution in [0.3, 0.4) is 0 Å². The molecule has 8 heteroatoms. The first kappa shape index (κ1) is 17.6. The van der Waals surface area contributed by atoms with Crippen molar-refractivity contribution >= 4 is 17.3 Å². The van der Waals surface area contributed by atoms with Gasteiger partial charge in [-0.2, -0.15) is 14.6 Å². The van der Waals surface area contributed by atoms with Gasteiger partial charge in [0.15, 0.2) is 11.5 Å². The summed E-state index contributed by atoms with van der Waals surface area (Å²) in [7, 11) is 4.73. The highest BCUT2D eigenvalue weighted by Gasteiger charge is 2.15. The first-order valence-electron chi connectivity index (χ1n) is 8.56. The fraction of sp³-hybridized carbons (Fsp3) is 0.150. The Morgan fingerprint density at radius 3 is 2.25 bits per heavy atom. The standard InChI is InChI=1S/C20H19N5O3/c1-26-16-9-14(10-17(27-2)19(16)28-3)23-18-11-15(13-7-5-4-6-8-13)24-20-21-12-22-25(18)20/h4-12,23H,1-3H3. The van der Waals surface area contributed by atoms with E-state index < -0.39 is 0 Å².